The van der Waals surface area contributed by atoms with Gasteiger partial charge in [-0.05, 0) is 12.8 Å². The van der Waals surface area contributed by atoms with Crippen molar-refractivity contribution in [3.63, 3.8) is 0 Å². The monoisotopic (exact) mass is 347 g/mol. The summed E-state index contributed by atoms with van der Waals surface area (Å²) in [5.74, 6) is -0.916. The number of aromatic nitrogens is 2. The van der Waals surface area contributed by atoms with Gasteiger partial charge in [0.15, 0.2) is 0 Å². The SMILES string of the molecule is CC(C)C(=O)N1CCCC1C(=O)OCCc1cn[nH]c1C(F)(F)F. The highest BCUT2D eigenvalue weighted by Gasteiger charge is 2.37. The number of likely N-dealkylation sites (tertiary alicyclic amines) is 1. The summed E-state index contributed by atoms with van der Waals surface area (Å²) in [6.07, 6.45) is -2.33. The highest BCUT2D eigenvalue weighted by atomic mass is 19.4. The number of rotatable bonds is 5. The lowest BCUT2D eigenvalue weighted by Gasteiger charge is -2.24. The average molecular weight is 347 g/mol. The predicted octanol–water partition coefficient (Wildman–Crippen LogP) is 2.16. The minimum Gasteiger partial charge on any atom is -0.464 e. The van der Waals surface area contributed by atoms with E-state index < -0.39 is 23.9 Å². The van der Waals surface area contributed by atoms with E-state index in [0.717, 1.165) is 6.20 Å². The Morgan fingerprint density at radius 3 is 2.79 bits per heavy atom. The number of carbonyl (C=O) groups is 2. The van der Waals surface area contributed by atoms with E-state index in [-0.39, 0.29) is 30.4 Å². The van der Waals surface area contributed by atoms with Crippen LogP contribution < -0.4 is 0 Å². The Morgan fingerprint density at radius 1 is 1.46 bits per heavy atom. The van der Waals surface area contributed by atoms with Gasteiger partial charge in [-0.2, -0.15) is 18.3 Å². The topological polar surface area (TPSA) is 75.3 Å². The molecule has 1 aliphatic heterocycles. The lowest BCUT2D eigenvalue weighted by molar-refractivity contribution is -0.154. The second-order valence-electron chi connectivity index (χ2n) is 6.03. The van der Waals surface area contributed by atoms with E-state index in [1.54, 1.807) is 13.8 Å². The smallest absolute Gasteiger partial charge is 0.433 e. The van der Waals surface area contributed by atoms with Crippen molar-refractivity contribution in [2.24, 2.45) is 5.92 Å². The van der Waals surface area contributed by atoms with Crippen LogP contribution in [-0.4, -0.2) is 46.2 Å². The summed E-state index contributed by atoms with van der Waals surface area (Å²) in [5.41, 5.74) is -0.993. The summed E-state index contributed by atoms with van der Waals surface area (Å²) in [6, 6.07) is -0.647. The molecule has 2 rings (SSSR count). The first-order valence-electron chi connectivity index (χ1n) is 7.78. The van der Waals surface area contributed by atoms with Crippen LogP contribution in [0.1, 0.15) is 37.9 Å². The molecule has 1 aromatic rings. The molecule has 0 saturated carbocycles. The third-order valence-electron chi connectivity index (χ3n) is 3.92. The predicted molar refractivity (Wildman–Crippen MR) is 77.8 cm³/mol. The number of ether oxygens (including phenoxy) is 1. The van der Waals surface area contributed by atoms with Crippen LogP contribution >= 0.6 is 0 Å². The quantitative estimate of drug-likeness (QED) is 0.829. The molecule has 0 spiro atoms. The maximum atomic E-state index is 12.7. The summed E-state index contributed by atoms with van der Waals surface area (Å²) in [5, 5.41) is 5.29. The lowest BCUT2D eigenvalue weighted by Crippen LogP contribution is -2.43. The molecule has 1 aliphatic rings. The van der Waals surface area contributed by atoms with E-state index in [4.69, 9.17) is 4.74 Å². The fourth-order valence-electron chi connectivity index (χ4n) is 2.71. The van der Waals surface area contributed by atoms with Gasteiger partial charge in [0.05, 0.1) is 12.8 Å². The van der Waals surface area contributed by atoms with Crippen molar-refractivity contribution in [3.8, 4) is 0 Å². The minimum atomic E-state index is -4.53. The Balaban J connectivity index is 1.90. The molecule has 1 atom stereocenters. The highest BCUT2D eigenvalue weighted by molar-refractivity contribution is 5.86. The Morgan fingerprint density at radius 2 is 2.17 bits per heavy atom. The van der Waals surface area contributed by atoms with Crippen molar-refractivity contribution in [3.05, 3.63) is 17.5 Å². The van der Waals surface area contributed by atoms with Crippen LogP contribution in [0.15, 0.2) is 6.20 Å². The maximum Gasteiger partial charge on any atom is 0.433 e. The second kappa shape index (κ2) is 7.23. The number of H-pyrrole nitrogens is 1. The molecule has 1 saturated heterocycles. The molecular weight excluding hydrogens is 327 g/mol. The van der Waals surface area contributed by atoms with Crippen molar-refractivity contribution in [1.82, 2.24) is 15.1 Å². The first-order valence-corrected chi connectivity index (χ1v) is 7.78. The molecular formula is C15H20F3N3O3. The van der Waals surface area contributed by atoms with Gasteiger partial charge >= 0.3 is 12.1 Å². The molecule has 0 aromatic carbocycles. The summed E-state index contributed by atoms with van der Waals surface area (Å²) in [7, 11) is 0. The van der Waals surface area contributed by atoms with Crippen molar-refractivity contribution in [2.45, 2.75) is 45.3 Å². The number of hydrogen-bond donors (Lipinski definition) is 1. The zero-order chi connectivity index (χ0) is 17.9. The maximum absolute atomic E-state index is 12.7. The number of hydrogen-bond acceptors (Lipinski definition) is 4. The number of nitrogens with zero attached hydrogens (tertiary/aromatic N) is 2. The number of aromatic amines is 1. The van der Waals surface area contributed by atoms with E-state index >= 15 is 0 Å². The van der Waals surface area contributed by atoms with Gasteiger partial charge in [0.25, 0.3) is 0 Å². The Kier molecular flexibility index (Phi) is 5.51. The van der Waals surface area contributed by atoms with Gasteiger partial charge in [-0.3, -0.25) is 9.89 Å². The molecule has 1 amide bonds. The van der Waals surface area contributed by atoms with Gasteiger partial charge < -0.3 is 9.64 Å². The molecule has 0 radical (unpaired) electrons. The van der Waals surface area contributed by atoms with Gasteiger partial charge in [0.2, 0.25) is 5.91 Å². The second-order valence-corrected chi connectivity index (χ2v) is 6.03. The molecule has 1 unspecified atom stereocenters. The Labute approximate surface area is 137 Å². The number of carbonyl (C=O) groups excluding carboxylic acids is 2. The summed E-state index contributed by atoms with van der Waals surface area (Å²) in [4.78, 5) is 25.7. The van der Waals surface area contributed by atoms with E-state index in [1.807, 2.05) is 5.10 Å². The molecule has 0 aliphatic carbocycles. The van der Waals surface area contributed by atoms with Crippen LogP contribution in [0, 0.1) is 5.92 Å². The number of amides is 1. The minimum absolute atomic E-state index is 0.0585. The van der Waals surface area contributed by atoms with Crippen molar-refractivity contribution in [2.75, 3.05) is 13.2 Å². The van der Waals surface area contributed by atoms with Crippen LogP contribution in [0.2, 0.25) is 0 Å². The standard InChI is InChI=1S/C15H20F3N3O3/c1-9(2)13(22)21-6-3-4-11(21)14(23)24-7-5-10-8-19-20-12(10)15(16,17)18/h8-9,11H,3-7H2,1-2H3,(H,19,20). The highest BCUT2D eigenvalue weighted by Crippen LogP contribution is 2.30. The van der Waals surface area contributed by atoms with Gasteiger partial charge in [-0.25, -0.2) is 4.79 Å². The van der Waals surface area contributed by atoms with E-state index in [1.165, 1.54) is 4.90 Å². The summed E-state index contributed by atoms with van der Waals surface area (Å²) >= 11 is 0. The molecule has 134 valence electrons. The van der Waals surface area contributed by atoms with Gasteiger partial charge in [0.1, 0.15) is 11.7 Å². The van der Waals surface area contributed by atoms with Crippen molar-refractivity contribution in [1.29, 1.82) is 0 Å². The van der Waals surface area contributed by atoms with Crippen LogP contribution in [-0.2, 0) is 26.9 Å². The first kappa shape index (κ1) is 18.3. The molecule has 9 heteroatoms. The Bertz CT molecular complexity index is 598. The molecule has 24 heavy (non-hydrogen) atoms. The first-order chi connectivity index (χ1) is 11.2. The van der Waals surface area contributed by atoms with E-state index in [9.17, 15) is 22.8 Å². The molecule has 2 heterocycles. The molecule has 0 bridgehead atoms. The van der Waals surface area contributed by atoms with Crippen molar-refractivity contribution >= 4 is 11.9 Å². The van der Waals surface area contributed by atoms with E-state index in [2.05, 4.69) is 5.10 Å². The normalized spacial score (nSPS) is 18.2. The molecule has 6 nitrogen and oxygen atoms in total. The molecule has 1 aromatic heterocycles. The summed E-state index contributed by atoms with van der Waals surface area (Å²) in [6.45, 7) is 3.81. The van der Waals surface area contributed by atoms with Crippen LogP contribution in [0.3, 0.4) is 0 Å². The fraction of sp³-hybridized carbons (Fsp3) is 0.667. The third kappa shape index (κ3) is 4.07. The van der Waals surface area contributed by atoms with Crippen molar-refractivity contribution < 1.29 is 27.5 Å². The summed E-state index contributed by atoms with van der Waals surface area (Å²) < 4.78 is 43.2. The van der Waals surface area contributed by atoms with Gasteiger partial charge in [0, 0.05) is 24.4 Å². The third-order valence-corrected chi connectivity index (χ3v) is 3.92. The van der Waals surface area contributed by atoms with E-state index in [0.29, 0.717) is 19.4 Å². The number of alkyl halides is 3. The van der Waals surface area contributed by atoms with Crippen LogP contribution in [0.5, 0.6) is 0 Å². The largest absolute Gasteiger partial charge is 0.464 e. The zero-order valence-corrected chi connectivity index (χ0v) is 13.5. The van der Waals surface area contributed by atoms with Gasteiger partial charge in [-0.15, -0.1) is 0 Å². The number of esters is 1. The number of halogens is 3. The molecule has 1 fully saturated rings. The van der Waals surface area contributed by atoms with Gasteiger partial charge in [-0.1, -0.05) is 13.8 Å². The molecule has 1 N–H and O–H groups in total. The fourth-order valence-corrected chi connectivity index (χ4v) is 2.71. The number of nitrogens with one attached hydrogen (secondary N) is 1. The average Bonchev–Trinajstić information content (AvgIpc) is 3.14. The zero-order valence-electron chi connectivity index (χ0n) is 13.5. The van der Waals surface area contributed by atoms with Crippen LogP contribution in [0.25, 0.3) is 0 Å². The van der Waals surface area contributed by atoms with Crippen LogP contribution in [0.4, 0.5) is 13.2 Å². The lowest BCUT2D eigenvalue weighted by atomic mass is 10.1. The Hall–Kier alpha value is -2.06.